The first-order valence-electron chi connectivity index (χ1n) is 7.67. The quantitative estimate of drug-likeness (QED) is 0.626. The average Bonchev–Trinajstić information content (AvgIpc) is 3.22. The van der Waals surface area contributed by atoms with Crippen LogP contribution in [0.1, 0.15) is 31.2 Å². The Morgan fingerprint density at radius 1 is 0.963 bits per heavy atom. The molecule has 1 aliphatic rings. The molecule has 2 aromatic carbocycles. The van der Waals surface area contributed by atoms with Crippen LogP contribution in [0, 0.1) is 0 Å². The molecule has 2 heterocycles. The number of carbonyl (C=O) groups excluding carboxylic acids is 3. The van der Waals surface area contributed by atoms with Crippen molar-refractivity contribution in [3.05, 3.63) is 81.6 Å². The van der Waals surface area contributed by atoms with Crippen LogP contribution in [0.4, 0.5) is 0 Å². The topological polar surface area (TPSA) is 81.5 Å². The van der Waals surface area contributed by atoms with E-state index in [4.69, 9.17) is 28.0 Å². The molecule has 0 N–H and O–H groups in total. The zero-order valence-electron chi connectivity index (χ0n) is 13.4. The number of hydrogen-bond acceptors (Lipinski definition) is 5. The van der Waals surface area contributed by atoms with E-state index in [1.165, 1.54) is 35.1 Å². The lowest BCUT2D eigenvalue weighted by Gasteiger charge is -2.11. The second kappa shape index (κ2) is 6.53. The van der Waals surface area contributed by atoms with E-state index < -0.39 is 17.8 Å². The first-order chi connectivity index (χ1) is 13.0. The molecule has 1 aromatic heterocycles. The van der Waals surface area contributed by atoms with Gasteiger partial charge in [-0.3, -0.25) is 9.59 Å². The summed E-state index contributed by atoms with van der Waals surface area (Å²) in [5, 5.41) is 5.31. The lowest BCUT2D eigenvalue weighted by molar-refractivity contribution is -0.0588. The Morgan fingerprint density at radius 2 is 1.63 bits per heavy atom. The number of halogens is 2. The maximum atomic E-state index is 12.3. The fourth-order valence-corrected chi connectivity index (χ4v) is 3.11. The maximum Gasteiger partial charge on any atom is 0.384 e. The molecule has 0 bridgehead atoms. The molecule has 0 saturated heterocycles. The molecular formula is C18H9Cl2N3O4. The van der Waals surface area contributed by atoms with Crippen molar-refractivity contribution in [2.75, 3.05) is 0 Å². The molecule has 1 aliphatic heterocycles. The Hall–Kier alpha value is -3.16. The van der Waals surface area contributed by atoms with Crippen LogP contribution >= 0.6 is 23.2 Å². The fraction of sp³-hybridized carbons (Fsp3) is 0. The molecule has 0 radical (unpaired) electrons. The first-order valence-corrected chi connectivity index (χ1v) is 8.42. The highest BCUT2D eigenvalue weighted by Crippen LogP contribution is 2.25. The van der Waals surface area contributed by atoms with Gasteiger partial charge in [0.2, 0.25) is 0 Å². The Kier molecular flexibility index (Phi) is 4.18. The summed E-state index contributed by atoms with van der Waals surface area (Å²) in [5.74, 6) is -2.36. The third-order valence-electron chi connectivity index (χ3n) is 3.89. The van der Waals surface area contributed by atoms with Gasteiger partial charge in [-0.25, -0.2) is 9.48 Å². The van der Waals surface area contributed by atoms with Crippen LogP contribution in [-0.2, 0) is 4.84 Å². The molecule has 0 unspecified atom stereocenters. The van der Waals surface area contributed by atoms with Gasteiger partial charge in [0, 0.05) is 11.2 Å². The van der Waals surface area contributed by atoms with Gasteiger partial charge in [-0.2, -0.15) is 5.10 Å². The molecule has 27 heavy (non-hydrogen) atoms. The van der Waals surface area contributed by atoms with Crippen molar-refractivity contribution in [1.82, 2.24) is 14.8 Å². The lowest BCUT2D eigenvalue weighted by Crippen LogP contribution is -2.32. The highest BCUT2D eigenvalue weighted by molar-refractivity contribution is 6.35. The summed E-state index contributed by atoms with van der Waals surface area (Å²) in [5.41, 5.74) is 0.751. The van der Waals surface area contributed by atoms with Crippen LogP contribution in [0.15, 0.2) is 54.7 Å². The Balaban J connectivity index is 1.56. The van der Waals surface area contributed by atoms with Crippen LogP contribution in [0.5, 0.6) is 0 Å². The van der Waals surface area contributed by atoms with Gasteiger partial charge < -0.3 is 4.84 Å². The number of imide groups is 1. The second-order valence-corrected chi connectivity index (χ2v) is 6.41. The summed E-state index contributed by atoms with van der Waals surface area (Å²) < 4.78 is 1.36. The van der Waals surface area contributed by atoms with Crippen molar-refractivity contribution < 1.29 is 19.2 Å². The number of benzene rings is 2. The Morgan fingerprint density at radius 3 is 2.26 bits per heavy atom. The van der Waals surface area contributed by atoms with E-state index in [1.807, 2.05) is 0 Å². The molecule has 3 aromatic rings. The van der Waals surface area contributed by atoms with Gasteiger partial charge in [0.1, 0.15) is 0 Å². The molecule has 0 fully saturated rings. The second-order valence-electron chi connectivity index (χ2n) is 5.57. The van der Waals surface area contributed by atoms with Crippen LogP contribution in [-0.4, -0.2) is 32.6 Å². The van der Waals surface area contributed by atoms with Gasteiger partial charge in [-0.1, -0.05) is 40.4 Å². The van der Waals surface area contributed by atoms with E-state index in [0.717, 1.165) is 0 Å². The van der Waals surface area contributed by atoms with Gasteiger partial charge in [-0.05, 0) is 36.4 Å². The Bertz CT molecular complexity index is 1070. The normalized spacial score (nSPS) is 13.0. The summed E-state index contributed by atoms with van der Waals surface area (Å²) in [6.45, 7) is 0. The number of carbonyl (C=O) groups is 3. The molecule has 0 atom stereocenters. The highest BCUT2D eigenvalue weighted by Gasteiger charge is 2.39. The summed E-state index contributed by atoms with van der Waals surface area (Å²) in [6.07, 6.45) is 1.49. The average molecular weight is 402 g/mol. The number of hydrogen-bond donors (Lipinski definition) is 0. The molecular weight excluding hydrogens is 393 g/mol. The van der Waals surface area contributed by atoms with Crippen LogP contribution in [0.25, 0.3) is 5.69 Å². The molecule has 7 nitrogen and oxygen atoms in total. The minimum Gasteiger partial charge on any atom is -0.322 e. The van der Waals surface area contributed by atoms with Crippen molar-refractivity contribution in [2.45, 2.75) is 0 Å². The van der Waals surface area contributed by atoms with E-state index >= 15 is 0 Å². The van der Waals surface area contributed by atoms with Crippen molar-refractivity contribution >= 4 is 41.0 Å². The molecule has 9 heteroatoms. The van der Waals surface area contributed by atoms with E-state index in [2.05, 4.69) is 5.10 Å². The molecule has 0 saturated carbocycles. The third kappa shape index (κ3) is 2.97. The van der Waals surface area contributed by atoms with E-state index in [-0.39, 0.29) is 16.8 Å². The number of amides is 2. The van der Waals surface area contributed by atoms with Crippen LogP contribution in [0.2, 0.25) is 10.0 Å². The summed E-state index contributed by atoms with van der Waals surface area (Å²) in [7, 11) is 0. The molecule has 0 aliphatic carbocycles. The summed E-state index contributed by atoms with van der Waals surface area (Å²) in [6, 6.07) is 12.4. The molecule has 2 amide bonds. The van der Waals surface area contributed by atoms with Crippen molar-refractivity contribution in [3.63, 3.8) is 0 Å². The van der Waals surface area contributed by atoms with Gasteiger partial charge >= 0.3 is 5.97 Å². The maximum absolute atomic E-state index is 12.3. The van der Waals surface area contributed by atoms with Crippen LogP contribution in [0.3, 0.4) is 0 Å². The van der Waals surface area contributed by atoms with Crippen LogP contribution < -0.4 is 0 Å². The zero-order valence-corrected chi connectivity index (χ0v) is 14.9. The number of rotatable bonds is 3. The monoisotopic (exact) mass is 401 g/mol. The molecule has 4 rings (SSSR count). The van der Waals surface area contributed by atoms with E-state index in [1.54, 1.807) is 24.3 Å². The minimum absolute atomic E-state index is 0.0995. The summed E-state index contributed by atoms with van der Waals surface area (Å²) in [4.78, 5) is 41.8. The Labute approximate surface area is 162 Å². The fourth-order valence-electron chi connectivity index (χ4n) is 2.61. The van der Waals surface area contributed by atoms with Gasteiger partial charge in [0.05, 0.1) is 21.8 Å². The number of aromatic nitrogens is 2. The zero-order chi connectivity index (χ0) is 19.1. The van der Waals surface area contributed by atoms with Crippen molar-refractivity contribution in [3.8, 4) is 5.69 Å². The van der Waals surface area contributed by atoms with Gasteiger partial charge in [0.15, 0.2) is 5.69 Å². The molecule has 134 valence electrons. The van der Waals surface area contributed by atoms with Gasteiger partial charge in [0.25, 0.3) is 11.8 Å². The number of hydroxylamine groups is 2. The smallest absolute Gasteiger partial charge is 0.322 e. The SMILES string of the molecule is O=C(ON1C(=O)c2ccccc2C1=O)c1ccn(-c2ccc(Cl)cc2Cl)n1. The standard InChI is InChI=1S/C18H9Cl2N3O4/c19-10-5-6-15(13(20)9-10)22-8-7-14(21-22)18(26)27-23-16(24)11-3-1-2-4-12(11)17(23)25/h1-9H. The highest BCUT2D eigenvalue weighted by atomic mass is 35.5. The number of fused-ring (bicyclic) bond motifs is 1. The van der Waals surface area contributed by atoms with E-state index in [0.29, 0.717) is 20.8 Å². The predicted octanol–water partition coefficient (Wildman–Crippen LogP) is 3.55. The first kappa shape index (κ1) is 17.3. The van der Waals surface area contributed by atoms with Crippen molar-refractivity contribution in [1.29, 1.82) is 0 Å². The predicted molar refractivity (Wildman–Crippen MR) is 95.9 cm³/mol. The molecule has 0 spiro atoms. The largest absolute Gasteiger partial charge is 0.384 e. The lowest BCUT2D eigenvalue weighted by atomic mass is 10.1. The van der Waals surface area contributed by atoms with Crippen molar-refractivity contribution in [2.24, 2.45) is 0 Å². The third-order valence-corrected chi connectivity index (χ3v) is 4.42. The summed E-state index contributed by atoms with van der Waals surface area (Å²) >= 11 is 12.0. The minimum atomic E-state index is -0.951. The number of nitrogens with zero attached hydrogens (tertiary/aromatic N) is 3. The van der Waals surface area contributed by atoms with E-state index in [9.17, 15) is 14.4 Å². The van der Waals surface area contributed by atoms with Gasteiger partial charge in [-0.15, -0.1) is 0 Å².